The zero-order chi connectivity index (χ0) is 12.1. The summed E-state index contributed by atoms with van der Waals surface area (Å²) >= 11 is 1.07. The first-order valence-corrected chi connectivity index (χ1v) is 5.36. The van der Waals surface area contributed by atoms with Crippen LogP contribution in [0.15, 0.2) is 17.0 Å². The third-order valence-electron chi connectivity index (χ3n) is 1.83. The zero-order valence-corrected chi connectivity index (χ0v) is 9.71. The van der Waals surface area contributed by atoms with E-state index >= 15 is 0 Å². The van der Waals surface area contributed by atoms with Crippen molar-refractivity contribution in [3.8, 4) is 17.2 Å². The second-order valence-electron chi connectivity index (χ2n) is 2.86. The van der Waals surface area contributed by atoms with E-state index in [9.17, 15) is 15.0 Å². The lowest BCUT2D eigenvalue weighted by atomic mass is 10.3. The molecule has 0 bridgehead atoms. The Kier molecular flexibility index (Phi) is 4.30. The van der Waals surface area contributed by atoms with Gasteiger partial charge in [-0.15, -0.1) is 11.8 Å². The fourth-order valence-corrected chi connectivity index (χ4v) is 1.81. The van der Waals surface area contributed by atoms with E-state index in [2.05, 4.69) is 4.74 Å². The fraction of sp³-hybridized carbons (Fsp3) is 0.300. The summed E-state index contributed by atoms with van der Waals surface area (Å²) in [5.74, 6) is -0.300. The molecule has 1 aromatic carbocycles. The Morgan fingerprint density at radius 1 is 1.31 bits per heavy atom. The minimum absolute atomic E-state index is 0.0523. The van der Waals surface area contributed by atoms with E-state index in [-0.39, 0.29) is 23.0 Å². The van der Waals surface area contributed by atoms with E-state index in [1.54, 1.807) is 0 Å². The average Bonchev–Trinajstić information content (AvgIpc) is 2.29. The van der Waals surface area contributed by atoms with Gasteiger partial charge in [-0.1, -0.05) is 0 Å². The second-order valence-corrected chi connectivity index (χ2v) is 3.87. The number of ether oxygens (including phenoxy) is 2. The molecule has 0 fully saturated rings. The lowest BCUT2D eigenvalue weighted by Gasteiger charge is -2.08. The number of aromatic hydroxyl groups is 2. The van der Waals surface area contributed by atoms with Crippen molar-refractivity contribution in [2.24, 2.45) is 0 Å². The van der Waals surface area contributed by atoms with Crippen LogP contribution in [0.1, 0.15) is 0 Å². The smallest absolute Gasteiger partial charge is 0.315 e. The molecule has 1 rings (SSSR count). The number of hydrogen-bond donors (Lipinski definition) is 2. The molecule has 5 nitrogen and oxygen atoms in total. The van der Waals surface area contributed by atoms with Gasteiger partial charge in [-0.05, 0) is 0 Å². The Morgan fingerprint density at radius 3 is 2.56 bits per heavy atom. The molecule has 0 aliphatic rings. The van der Waals surface area contributed by atoms with Crippen LogP contribution in [0.5, 0.6) is 17.2 Å². The molecule has 0 radical (unpaired) electrons. The molecule has 0 atom stereocenters. The molecular formula is C10H12O5S. The van der Waals surface area contributed by atoms with Gasteiger partial charge in [0.25, 0.3) is 0 Å². The lowest BCUT2D eigenvalue weighted by Crippen LogP contribution is -2.02. The van der Waals surface area contributed by atoms with Gasteiger partial charge in [-0.3, -0.25) is 4.79 Å². The molecule has 1 aromatic rings. The van der Waals surface area contributed by atoms with Crippen molar-refractivity contribution in [3.05, 3.63) is 12.1 Å². The van der Waals surface area contributed by atoms with E-state index in [4.69, 9.17) is 4.74 Å². The predicted molar refractivity (Wildman–Crippen MR) is 59.1 cm³/mol. The van der Waals surface area contributed by atoms with Crippen molar-refractivity contribution in [3.63, 3.8) is 0 Å². The van der Waals surface area contributed by atoms with Crippen LogP contribution < -0.4 is 4.74 Å². The van der Waals surface area contributed by atoms with Gasteiger partial charge in [0, 0.05) is 12.1 Å². The van der Waals surface area contributed by atoms with E-state index in [1.807, 2.05) is 0 Å². The molecule has 88 valence electrons. The average molecular weight is 244 g/mol. The zero-order valence-electron chi connectivity index (χ0n) is 8.89. The summed E-state index contributed by atoms with van der Waals surface area (Å²) in [7, 11) is 2.67. The highest BCUT2D eigenvalue weighted by Gasteiger charge is 2.11. The Balaban J connectivity index is 2.81. The van der Waals surface area contributed by atoms with Gasteiger partial charge in [0.2, 0.25) is 0 Å². The molecule has 0 amide bonds. The summed E-state index contributed by atoms with van der Waals surface area (Å²) in [6, 6.07) is 2.62. The predicted octanol–water partition coefficient (Wildman–Crippen LogP) is 1.37. The maximum Gasteiger partial charge on any atom is 0.315 e. The van der Waals surface area contributed by atoms with Gasteiger partial charge >= 0.3 is 5.97 Å². The molecule has 0 unspecified atom stereocenters. The van der Waals surface area contributed by atoms with Gasteiger partial charge in [-0.2, -0.15) is 0 Å². The number of thioether (sulfide) groups is 1. The minimum Gasteiger partial charge on any atom is -0.507 e. The van der Waals surface area contributed by atoms with Crippen LogP contribution in [0.4, 0.5) is 0 Å². The molecule has 0 saturated carbocycles. The first-order chi connectivity index (χ1) is 7.58. The van der Waals surface area contributed by atoms with Crippen molar-refractivity contribution in [2.45, 2.75) is 4.90 Å². The second kappa shape index (κ2) is 5.50. The number of carbonyl (C=O) groups is 1. The van der Waals surface area contributed by atoms with E-state index in [0.717, 1.165) is 11.8 Å². The summed E-state index contributed by atoms with van der Waals surface area (Å²) in [4.78, 5) is 11.3. The standard InChI is InChI=1S/C10H12O5S/c1-14-8-3-7(12)9(4-6(8)11)16-5-10(13)15-2/h3-4,11-12H,5H2,1-2H3. The van der Waals surface area contributed by atoms with E-state index in [1.165, 1.54) is 26.4 Å². The van der Waals surface area contributed by atoms with Crippen LogP contribution >= 0.6 is 11.8 Å². The van der Waals surface area contributed by atoms with Crippen LogP contribution in [0.3, 0.4) is 0 Å². The van der Waals surface area contributed by atoms with Crippen LogP contribution in [-0.2, 0) is 9.53 Å². The lowest BCUT2D eigenvalue weighted by molar-refractivity contribution is -0.137. The molecular weight excluding hydrogens is 232 g/mol. The highest BCUT2D eigenvalue weighted by atomic mass is 32.2. The van der Waals surface area contributed by atoms with Gasteiger partial charge < -0.3 is 19.7 Å². The summed E-state index contributed by atoms with van der Waals surface area (Å²) in [5, 5.41) is 19.0. The molecule has 6 heteroatoms. The van der Waals surface area contributed by atoms with Crippen molar-refractivity contribution in [1.29, 1.82) is 0 Å². The number of hydrogen-bond acceptors (Lipinski definition) is 6. The number of phenolic OH excluding ortho intramolecular Hbond substituents is 2. The molecule has 2 N–H and O–H groups in total. The van der Waals surface area contributed by atoms with Gasteiger partial charge in [0.05, 0.1) is 24.9 Å². The SMILES string of the molecule is COC(=O)CSc1cc(O)c(OC)cc1O. The molecule has 0 aliphatic carbocycles. The summed E-state index contributed by atoms with van der Waals surface area (Å²) in [6.45, 7) is 0. The first kappa shape index (κ1) is 12.5. The number of carbonyl (C=O) groups excluding carboxylic acids is 1. The van der Waals surface area contributed by atoms with Crippen LogP contribution in [0, 0.1) is 0 Å². The Morgan fingerprint density at radius 2 is 2.00 bits per heavy atom. The summed E-state index contributed by atoms with van der Waals surface area (Å²) in [6.07, 6.45) is 0. The molecule has 0 heterocycles. The van der Waals surface area contributed by atoms with Gasteiger partial charge in [-0.25, -0.2) is 0 Å². The normalized spacial score (nSPS) is 9.88. The number of benzene rings is 1. The first-order valence-electron chi connectivity index (χ1n) is 4.38. The van der Waals surface area contributed by atoms with Crippen molar-refractivity contribution < 1.29 is 24.5 Å². The quantitative estimate of drug-likeness (QED) is 0.473. The van der Waals surface area contributed by atoms with Crippen molar-refractivity contribution in [1.82, 2.24) is 0 Å². The van der Waals surface area contributed by atoms with Crippen LogP contribution in [0.25, 0.3) is 0 Å². The maximum atomic E-state index is 10.9. The van der Waals surface area contributed by atoms with E-state index < -0.39 is 5.97 Å². The van der Waals surface area contributed by atoms with E-state index in [0.29, 0.717) is 4.90 Å². The Labute approximate surface area is 97.0 Å². The van der Waals surface area contributed by atoms with Gasteiger partial charge in [0.15, 0.2) is 11.5 Å². The van der Waals surface area contributed by atoms with Gasteiger partial charge in [0.1, 0.15) is 5.75 Å². The molecule has 0 spiro atoms. The highest BCUT2D eigenvalue weighted by molar-refractivity contribution is 8.00. The fourth-order valence-electron chi connectivity index (χ4n) is 1.01. The number of methoxy groups -OCH3 is 2. The topological polar surface area (TPSA) is 76.0 Å². The third kappa shape index (κ3) is 2.96. The van der Waals surface area contributed by atoms with Crippen molar-refractivity contribution >= 4 is 17.7 Å². The van der Waals surface area contributed by atoms with Crippen LogP contribution in [-0.4, -0.2) is 36.2 Å². The summed E-state index contributed by atoms with van der Waals surface area (Å²) in [5.41, 5.74) is 0. The molecule has 0 aliphatic heterocycles. The van der Waals surface area contributed by atoms with Crippen LogP contribution in [0.2, 0.25) is 0 Å². The number of phenols is 2. The van der Waals surface area contributed by atoms with Crippen molar-refractivity contribution in [2.75, 3.05) is 20.0 Å². The maximum absolute atomic E-state index is 10.9. The highest BCUT2D eigenvalue weighted by Crippen LogP contribution is 2.38. The summed E-state index contributed by atoms with van der Waals surface area (Å²) < 4.78 is 9.28. The third-order valence-corrected chi connectivity index (χ3v) is 2.85. The Bertz CT molecular complexity index is 391. The number of esters is 1. The monoisotopic (exact) mass is 244 g/mol. The molecule has 0 saturated heterocycles. The number of rotatable bonds is 4. The molecule has 0 aromatic heterocycles. The Hall–Kier alpha value is -1.56. The molecule has 16 heavy (non-hydrogen) atoms. The largest absolute Gasteiger partial charge is 0.507 e. The minimum atomic E-state index is -0.403.